The van der Waals surface area contributed by atoms with Crippen molar-refractivity contribution in [2.75, 3.05) is 35.1 Å². The molecule has 1 spiro atoms. The smallest absolute Gasteiger partial charge is 0.286 e. The molecule has 2 aliphatic carbocycles. The number of aliphatic hydroxyl groups excluding tert-OH is 1. The number of amides is 1. The molecule has 3 aromatic heterocycles. The zero-order chi connectivity index (χ0) is 36.5. The predicted molar refractivity (Wildman–Crippen MR) is 202 cm³/mol. The third-order valence-corrected chi connectivity index (χ3v) is 13.7. The lowest BCUT2D eigenvalue weighted by molar-refractivity contribution is 0.0456. The van der Waals surface area contributed by atoms with Crippen molar-refractivity contribution in [3.05, 3.63) is 76.5 Å². The summed E-state index contributed by atoms with van der Waals surface area (Å²) in [6.07, 6.45) is 10.4. The number of hydrogen-bond acceptors (Lipinski definition) is 10. The zero-order valence-electron chi connectivity index (χ0n) is 29.6. The second kappa shape index (κ2) is 13.1. The van der Waals surface area contributed by atoms with Crippen LogP contribution >= 0.6 is 11.6 Å². The second-order valence-corrected chi connectivity index (χ2v) is 17.7. The molecule has 2 aromatic carbocycles. The summed E-state index contributed by atoms with van der Waals surface area (Å²) in [5.41, 5.74) is 3.73. The SMILES string of the molecule is C[C@H]1C/C=C\[C@H](O)[C@@H]2CC[C@H]2CN2C[C@@]3(CCCc4cc(Cl)ccc43)COc3ccc(cc32)C(=O)N=S(=O)(Nc2nc3nnnn3c3nn(C)cc23)C1. The van der Waals surface area contributed by atoms with Crippen molar-refractivity contribution in [3.8, 4) is 5.75 Å². The van der Waals surface area contributed by atoms with Crippen LogP contribution in [-0.4, -0.2) is 81.6 Å². The number of ether oxygens (including phenoxy) is 1. The minimum Gasteiger partial charge on any atom is -0.490 e. The van der Waals surface area contributed by atoms with Crippen molar-refractivity contribution in [1.82, 2.24) is 34.8 Å². The maximum atomic E-state index is 15.0. The molecule has 276 valence electrons. The number of fused-ring (bicyclic) bond motifs is 7. The summed E-state index contributed by atoms with van der Waals surface area (Å²) in [6.45, 7) is 3.82. The lowest BCUT2D eigenvalue weighted by Crippen LogP contribution is -2.49. The predicted octanol–water partition coefficient (Wildman–Crippen LogP) is 5.15. The number of allylic oxidation sites excluding steroid dienone is 1. The summed E-state index contributed by atoms with van der Waals surface area (Å²) >= 11 is 6.46. The fraction of sp³-hybridized carbons (Fsp3) is 0.459. The van der Waals surface area contributed by atoms with Gasteiger partial charge >= 0.3 is 0 Å². The standard InChI is InChI=1S/C37H41ClN10O4S/c1-22-5-3-7-31(49)27-11-8-25(27)17-47-20-37(14-4-6-23-15-26(38)10-12-29(23)37)21-52-32-13-9-24(16-30(32)47)35(50)43-53(51,19-22)42-33-28-18-46(2)41-34(28)48-36(39-33)40-44-45-48/h3,7,9-10,12-13,15-16,18,22,25,27,31,49H,4-6,8,11,14,17,19-21H2,1-2H3,(H,39,40,42,43,45,50,51)/b7-3-/t22-,25-,27+,31-,37-,53?/m0/s1. The fourth-order valence-electron chi connectivity index (χ4n) is 8.71. The Bertz CT molecular complexity index is 2420. The number of benzene rings is 2. The molecule has 1 saturated carbocycles. The van der Waals surface area contributed by atoms with Crippen molar-refractivity contribution in [2.24, 2.45) is 29.2 Å². The van der Waals surface area contributed by atoms with Gasteiger partial charge in [-0.3, -0.25) is 14.2 Å². The van der Waals surface area contributed by atoms with Crippen LogP contribution in [0.5, 0.6) is 5.75 Å². The second-order valence-electron chi connectivity index (χ2n) is 15.2. The average Bonchev–Trinajstić information content (AvgIpc) is 3.70. The Balaban J connectivity index is 1.14. The Morgan fingerprint density at radius 1 is 1.17 bits per heavy atom. The molecule has 5 aromatic rings. The van der Waals surface area contributed by atoms with Gasteiger partial charge in [-0.15, -0.1) is 4.36 Å². The molecule has 6 atom stereocenters. The molecule has 2 N–H and O–H groups in total. The van der Waals surface area contributed by atoms with E-state index in [1.807, 2.05) is 37.3 Å². The summed E-state index contributed by atoms with van der Waals surface area (Å²) in [7, 11) is -1.72. The zero-order valence-corrected chi connectivity index (χ0v) is 31.1. The van der Waals surface area contributed by atoms with E-state index < -0.39 is 21.9 Å². The number of anilines is 2. The number of carbonyl (C=O) groups is 1. The van der Waals surface area contributed by atoms with Crippen LogP contribution < -0.4 is 14.4 Å². The van der Waals surface area contributed by atoms with Crippen molar-refractivity contribution in [2.45, 2.75) is 57.0 Å². The number of aliphatic hydroxyl groups is 1. The Hall–Kier alpha value is -4.60. The van der Waals surface area contributed by atoms with Crippen LogP contribution in [0.15, 0.2) is 59.1 Å². The molecule has 9 rings (SSSR count). The average molecular weight is 757 g/mol. The van der Waals surface area contributed by atoms with Gasteiger partial charge in [0.15, 0.2) is 11.5 Å². The molecule has 2 bridgehead atoms. The highest BCUT2D eigenvalue weighted by atomic mass is 35.5. The molecular weight excluding hydrogens is 716 g/mol. The summed E-state index contributed by atoms with van der Waals surface area (Å²) in [4.78, 5) is 21.1. The van der Waals surface area contributed by atoms with Crippen LogP contribution in [0.3, 0.4) is 0 Å². The number of tetrazole rings is 1. The van der Waals surface area contributed by atoms with Crippen LogP contribution in [0.1, 0.15) is 60.5 Å². The van der Waals surface area contributed by atoms with Gasteiger partial charge in [0.2, 0.25) is 0 Å². The van der Waals surface area contributed by atoms with Gasteiger partial charge in [-0.05, 0) is 108 Å². The van der Waals surface area contributed by atoms with Crippen molar-refractivity contribution >= 4 is 55.7 Å². The number of halogens is 1. The fourth-order valence-corrected chi connectivity index (χ4v) is 10.9. The highest BCUT2D eigenvalue weighted by Gasteiger charge is 2.44. The normalized spacial score (nSPS) is 29.4. The topological polar surface area (TPSA) is 165 Å². The molecule has 16 heteroatoms. The molecule has 0 saturated heterocycles. The van der Waals surface area contributed by atoms with E-state index in [0.717, 1.165) is 42.8 Å². The minimum atomic E-state index is -3.48. The van der Waals surface area contributed by atoms with E-state index in [9.17, 15) is 14.1 Å². The molecule has 5 heterocycles. The van der Waals surface area contributed by atoms with Crippen molar-refractivity contribution in [1.29, 1.82) is 0 Å². The van der Waals surface area contributed by atoms with Crippen LogP contribution in [0.4, 0.5) is 11.5 Å². The Kier molecular flexibility index (Phi) is 8.42. The summed E-state index contributed by atoms with van der Waals surface area (Å²) in [6, 6.07) is 11.6. The number of aromatic nitrogens is 7. The van der Waals surface area contributed by atoms with E-state index in [2.05, 4.69) is 51.7 Å². The molecule has 1 fully saturated rings. The Morgan fingerprint density at radius 3 is 2.91 bits per heavy atom. The number of nitrogens with zero attached hydrogens (tertiary/aromatic N) is 9. The third kappa shape index (κ3) is 6.21. The number of hydrogen-bond donors (Lipinski definition) is 2. The molecule has 1 amide bonds. The number of carbonyl (C=O) groups excluding carboxylic acids is 1. The van der Waals surface area contributed by atoms with Gasteiger partial charge in [0.25, 0.3) is 11.7 Å². The maximum Gasteiger partial charge on any atom is 0.286 e. The van der Waals surface area contributed by atoms with Crippen LogP contribution in [0.25, 0.3) is 16.8 Å². The quantitative estimate of drug-likeness (QED) is 0.230. The van der Waals surface area contributed by atoms with Crippen LogP contribution in [0, 0.1) is 17.8 Å². The Morgan fingerprint density at radius 2 is 2.06 bits per heavy atom. The van der Waals surface area contributed by atoms with Gasteiger partial charge in [0.1, 0.15) is 15.7 Å². The summed E-state index contributed by atoms with van der Waals surface area (Å²) in [5.74, 6) is 0.687. The van der Waals surface area contributed by atoms with Gasteiger partial charge in [-0.1, -0.05) is 41.8 Å². The first-order chi connectivity index (χ1) is 25.6. The largest absolute Gasteiger partial charge is 0.490 e. The summed E-state index contributed by atoms with van der Waals surface area (Å²) < 4.78 is 32.1. The van der Waals surface area contributed by atoms with Crippen LogP contribution in [0.2, 0.25) is 5.02 Å². The highest BCUT2D eigenvalue weighted by molar-refractivity contribution is 7.95. The van der Waals surface area contributed by atoms with E-state index in [1.54, 1.807) is 24.0 Å². The highest BCUT2D eigenvalue weighted by Crippen LogP contribution is 2.47. The molecule has 4 aliphatic rings. The first-order valence-corrected chi connectivity index (χ1v) is 20.3. The number of aryl methyl sites for hydroxylation is 2. The van der Waals surface area contributed by atoms with Gasteiger partial charge in [0.05, 0.1) is 29.5 Å². The lowest BCUT2D eigenvalue weighted by Gasteiger charge is -2.45. The minimum absolute atomic E-state index is 0.0386. The van der Waals surface area contributed by atoms with Gasteiger partial charge in [0, 0.05) is 42.3 Å². The molecule has 53 heavy (non-hydrogen) atoms. The lowest BCUT2D eigenvalue weighted by atomic mass is 9.68. The van der Waals surface area contributed by atoms with E-state index in [-0.39, 0.29) is 40.5 Å². The Labute approximate surface area is 311 Å². The van der Waals surface area contributed by atoms with Crippen molar-refractivity contribution in [3.63, 3.8) is 0 Å². The number of rotatable bonds is 2. The van der Waals surface area contributed by atoms with Gasteiger partial charge in [-0.2, -0.15) is 14.6 Å². The summed E-state index contributed by atoms with van der Waals surface area (Å²) in [5, 5.41) is 28.8. The van der Waals surface area contributed by atoms with Crippen molar-refractivity contribution < 1.29 is 18.8 Å². The molecule has 1 unspecified atom stereocenters. The first kappa shape index (κ1) is 34.2. The van der Waals surface area contributed by atoms with Crippen LogP contribution in [-0.2, 0) is 28.8 Å². The molecule has 0 radical (unpaired) electrons. The van der Waals surface area contributed by atoms with E-state index in [1.165, 1.54) is 15.6 Å². The first-order valence-electron chi connectivity index (χ1n) is 18.2. The monoisotopic (exact) mass is 756 g/mol. The van der Waals surface area contributed by atoms with E-state index in [4.69, 9.17) is 16.3 Å². The number of nitrogens with one attached hydrogen (secondary N) is 1. The van der Waals surface area contributed by atoms with Gasteiger partial charge in [-0.25, -0.2) is 4.21 Å². The van der Waals surface area contributed by atoms with Gasteiger partial charge < -0.3 is 14.7 Å². The third-order valence-electron chi connectivity index (χ3n) is 11.5. The molecule has 2 aliphatic heterocycles. The van der Waals surface area contributed by atoms with E-state index >= 15 is 0 Å². The maximum absolute atomic E-state index is 15.0. The molecular formula is C37H41ClN10O4S. The van der Waals surface area contributed by atoms with E-state index in [0.29, 0.717) is 48.5 Å². The molecule has 14 nitrogen and oxygen atoms in total.